The van der Waals surface area contributed by atoms with E-state index in [1.54, 1.807) is 43.3 Å². The molecular weight excluding hydrogens is 380 g/mol. The number of carboxylic acids is 1. The summed E-state index contributed by atoms with van der Waals surface area (Å²) in [5.41, 5.74) is 1.09. The van der Waals surface area contributed by atoms with Gasteiger partial charge in [0.2, 0.25) is 11.8 Å². The molecule has 0 heterocycles. The van der Waals surface area contributed by atoms with Crippen LogP contribution in [0.3, 0.4) is 0 Å². The minimum atomic E-state index is -1.20. The van der Waals surface area contributed by atoms with Crippen LogP contribution in [0.15, 0.2) is 65.6 Å². The van der Waals surface area contributed by atoms with Crippen molar-refractivity contribution in [2.75, 3.05) is 17.7 Å². The van der Waals surface area contributed by atoms with Gasteiger partial charge in [0, 0.05) is 22.7 Å². The minimum absolute atomic E-state index is 0.187. The van der Waals surface area contributed by atoms with E-state index in [2.05, 4.69) is 10.6 Å². The van der Waals surface area contributed by atoms with Crippen molar-refractivity contribution >= 4 is 40.9 Å². The van der Waals surface area contributed by atoms with Crippen molar-refractivity contribution in [2.45, 2.75) is 17.1 Å². The predicted octanol–water partition coefficient (Wildman–Crippen LogP) is 3.39. The summed E-state index contributed by atoms with van der Waals surface area (Å²) in [5.74, 6) is -1.36. The standard InChI is InChI=1S/C20H20N2O5S/c1-13(20(26)22-16-8-3-4-9-17(16)27-2)28-15-7-5-6-14(12-15)21-18(23)10-11-19(24)25/h3-13H,1-2H3,(H,21,23)(H,22,26)(H,24,25)/b11-10+. The van der Waals surface area contributed by atoms with E-state index in [-0.39, 0.29) is 5.91 Å². The van der Waals surface area contributed by atoms with Gasteiger partial charge in [-0.05, 0) is 37.3 Å². The highest BCUT2D eigenvalue weighted by molar-refractivity contribution is 8.00. The number of thioether (sulfide) groups is 1. The molecule has 146 valence electrons. The maximum atomic E-state index is 12.5. The van der Waals surface area contributed by atoms with Crippen molar-refractivity contribution in [2.24, 2.45) is 0 Å². The Morgan fingerprint density at radius 2 is 1.82 bits per heavy atom. The predicted molar refractivity (Wildman–Crippen MR) is 109 cm³/mol. The first kappa shape index (κ1) is 21.0. The van der Waals surface area contributed by atoms with E-state index in [0.29, 0.717) is 17.1 Å². The Morgan fingerprint density at radius 3 is 2.54 bits per heavy atom. The smallest absolute Gasteiger partial charge is 0.328 e. The van der Waals surface area contributed by atoms with Gasteiger partial charge in [-0.15, -0.1) is 11.8 Å². The fourth-order valence-electron chi connectivity index (χ4n) is 2.22. The topological polar surface area (TPSA) is 105 Å². The third-order valence-electron chi connectivity index (χ3n) is 3.53. The molecule has 2 aromatic rings. The Hall–Kier alpha value is -3.26. The number of benzene rings is 2. The lowest BCUT2D eigenvalue weighted by Crippen LogP contribution is -2.22. The van der Waals surface area contributed by atoms with Crippen LogP contribution in [0.1, 0.15) is 6.92 Å². The van der Waals surface area contributed by atoms with Crippen LogP contribution in [-0.4, -0.2) is 35.2 Å². The van der Waals surface area contributed by atoms with Crippen LogP contribution in [0.5, 0.6) is 5.75 Å². The molecule has 0 bridgehead atoms. The molecule has 0 radical (unpaired) electrons. The molecule has 2 aromatic carbocycles. The van der Waals surface area contributed by atoms with E-state index >= 15 is 0 Å². The maximum absolute atomic E-state index is 12.5. The SMILES string of the molecule is COc1ccccc1NC(=O)C(C)Sc1cccc(NC(=O)/C=C/C(=O)O)c1. The molecule has 8 heteroatoms. The molecule has 0 aliphatic carbocycles. The molecule has 3 N–H and O–H groups in total. The first-order chi connectivity index (χ1) is 13.4. The Balaban J connectivity index is 1.99. The number of carboxylic acid groups (broad SMARTS) is 1. The fourth-order valence-corrected chi connectivity index (χ4v) is 3.14. The Morgan fingerprint density at radius 1 is 1.07 bits per heavy atom. The maximum Gasteiger partial charge on any atom is 0.328 e. The molecule has 0 aliphatic rings. The van der Waals surface area contributed by atoms with Gasteiger partial charge in [0.1, 0.15) is 5.75 Å². The van der Waals surface area contributed by atoms with Gasteiger partial charge in [0.25, 0.3) is 0 Å². The summed E-state index contributed by atoms with van der Waals surface area (Å²) in [6.45, 7) is 1.77. The first-order valence-electron chi connectivity index (χ1n) is 8.31. The van der Waals surface area contributed by atoms with E-state index in [0.717, 1.165) is 17.0 Å². The van der Waals surface area contributed by atoms with Gasteiger partial charge in [0.15, 0.2) is 0 Å². The minimum Gasteiger partial charge on any atom is -0.495 e. The average Bonchev–Trinajstić information content (AvgIpc) is 2.67. The molecule has 0 saturated heterocycles. The molecule has 0 spiro atoms. The molecule has 2 rings (SSSR count). The zero-order valence-corrected chi connectivity index (χ0v) is 16.2. The van der Waals surface area contributed by atoms with Crippen LogP contribution >= 0.6 is 11.8 Å². The number of methoxy groups -OCH3 is 1. The summed E-state index contributed by atoms with van der Waals surface area (Å²) in [7, 11) is 1.54. The van der Waals surface area contributed by atoms with Gasteiger partial charge in [-0.25, -0.2) is 4.79 Å². The number of amides is 2. The number of aliphatic carboxylic acids is 1. The molecule has 2 amide bonds. The summed E-state index contributed by atoms with van der Waals surface area (Å²) < 4.78 is 5.23. The van der Waals surface area contributed by atoms with Crippen LogP contribution in [0, 0.1) is 0 Å². The van der Waals surface area contributed by atoms with Crippen molar-refractivity contribution < 1.29 is 24.2 Å². The van der Waals surface area contributed by atoms with Crippen LogP contribution in [-0.2, 0) is 14.4 Å². The summed E-state index contributed by atoms with van der Waals surface area (Å²) >= 11 is 1.33. The van der Waals surface area contributed by atoms with Gasteiger partial charge < -0.3 is 20.5 Å². The number of anilines is 2. The Kier molecular flexibility index (Phi) is 7.65. The molecule has 1 unspecified atom stereocenters. The highest BCUT2D eigenvalue weighted by Crippen LogP contribution is 2.28. The van der Waals surface area contributed by atoms with E-state index in [1.165, 1.54) is 18.9 Å². The van der Waals surface area contributed by atoms with Crippen molar-refractivity contribution in [3.05, 3.63) is 60.7 Å². The second kappa shape index (κ2) is 10.2. The van der Waals surface area contributed by atoms with Crippen LogP contribution in [0.4, 0.5) is 11.4 Å². The number of hydrogen-bond acceptors (Lipinski definition) is 5. The highest BCUT2D eigenvalue weighted by atomic mass is 32.2. The number of nitrogens with one attached hydrogen (secondary N) is 2. The van der Waals surface area contributed by atoms with Crippen molar-refractivity contribution in [1.29, 1.82) is 0 Å². The second-order valence-electron chi connectivity index (χ2n) is 5.64. The van der Waals surface area contributed by atoms with Crippen molar-refractivity contribution in [3.63, 3.8) is 0 Å². The fraction of sp³-hybridized carbons (Fsp3) is 0.150. The van der Waals surface area contributed by atoms with E-state index < -0.39 is 17.1 Å². The van der Waals surface area contributed by atoms with Gasteiger partial charge in [-0.2, -0.15) is 0 Å². The Bertz CT molecular complexity index is 898. The van der Waals surface area contributed by atoms with Crippen molar-refractivity contribution in [3.8, 4) is 5.75 Å². The number of para-hydroxylation sites is 2. The summed E-state index contributed by atoms with van der Waals surface area (Å²) in [5, 5.41) is 13.6. The number of rotatable bonds is 8. The molecule has 0 saturated carbocycles. The number of ether oxygens (including phenoxy) is 1. The molecule has 1 atom stereocenters. The normalized spacial score (nSPS) is 11.6. The summed E-state index contributed by atoms with van der Waals surface area (Å²) in [4.78, 5) is 35.4. The largest absolute Gasteiger partial charge is 0.495 e. The lowest BCUT2D eigenvalue weighted by atomic mass is 10.3. The van der Waals surface area contributed by atoms with E-state index in [4.69, 9.17) is 9.84 Å². The van der Waals surface area contributed by atoms with Crippen LogP contribution < -0.4 is 15.4 Å². The second-order valence-corrected chi connectivity index (χ2v) is 7.05. The summed E-state index contributed by atoms with van der Waals surface area (Å²) in [6, 6.07) is 14.1. The van der Waals surface area contributed by atoms with E-state index in [9.17, 15) is 14.4 Å². The molecule has 28 heavy (non-hydrogen) atoms. The van der Waals surface area contributed by atoms with Gasteiger partial charge >= 0.3 is 5.97 Å². The van der Waals surface area contributed by atoms with Crippen molar-refractivity contribution in [1.82, 2.24) is 0 Å². The molecule has 0 aromatic heterocycles. The Labute approximate surface area is 166 Å². The van der Waals surface area contributed by atoms with Gasteiger partial charge in [-0.1, -0.05) is 18.2 Å². The van der Waals surface area contributed by atoms with Gasteiger partial charge in [-0.3, -0.25) is 9.59 Å². The lowest BCUT2D eigenvalue weighted by Gasteiger charge is -2.14. The number of carbonyl (C=O) groups excluding carboxylic acids is 2. The molecule has 7 nitrogen and oxygen atoms in total. The average molecular weight is 400 g/mol. The molecule has 0 aliphatic heterocycles. The first-order valence-corrected chi connectivity index (χ1v) is 9.19. The third-order valence-corrected chi connectivity index (χ3v) is 4.62. The molecule has 0 fully saturated rings. The molecular formula is C20H20N2O5S. The van der Waals surface area contributed by atoms with Crippen LogP contribution in [0.25, 0.3) is 0 Å². The van der Waals surface area contributed by atoms with E-state index in [1.807, 2.05) is 12.1 Å². The zero-order chi connectivity index (χ0) is 20.5. The van der Waals surface area contributed by atoms with Gasteiger partial charge in [0.05, 0.1) is 18.0 Å². The number of carbonyl (C=O) groups is 3. The zero-order valence-electron chi connectivity index (χ0n) is 15.3. The highest BCUT2D eigenvalue weighted by Gasteiger charge is 2.16. The quantitative estimate of drug-likeness (QED) is 0.463. The van der Waals surface area contributed by atoms with Crippen LogP contribution in [0.2, 0.25) is 0 Å². The lowest BCUT2D eigenvalue weighted by molar-refractivity contribution is -0.131. The summed E-state index contributed by atoms with van der Waals surface area (Å²) in [6.07, 6.45) is 1.70. The monoisotopic (exact) mass is 400 g/mol. The third kappa shape index (κ3) is 6.48. The number of hydrogen-bond donors (Lipinski definition) is 3.